The highest BCUT2D eigenvalue weighted by atomic mass is 16.3. The lowest BCUT2D eigenvalue weighted by molar-refractivity contribution is 0.645. The molecule has 0 aliphatic carbocycles. The second kappa shape index (κ2) is 12.9. The first-order valence-electron chi connectivity index (χ1n) is 19.7. The van der Waals surface area contributed by atoms with E-state index in [1.165, 1.54) is 27.3 Å². The second-order valence-corrected chi connectivity index (χ2v) is 14.9. The van der Waals surface area contributed by atoms with E-state index >= 15 is 0 Å². The standard InChI is InChI=1S/C54H34N2O2/c1-2-13-41(14-3-1)56-48-18-8-6-16-46(48)52-47-32-27-40(34-51(47)58-54(52)56)37-25-30-43(31-26-37)55(49-19-10-17-45-44-15-7-9-20-50(44)57-53(45)49)42-28-23-36(24-29-42)39-22-21-35-11-4-5-12-38(35)33-39/h1-34H. The molecular weight excluding hydrogens is 709 g/mol. The van der Waals surface area contributed by atoms with Crippen LogP contribution >= 0.6 is 0 Å². The van der Waals surface area contributed by atoms with Crippen molar-refractivity contribution in [1.29, 1.82) is 0 Å². The van der Waals surface area contributed by atoms with Crippen LogP contribution in [-0.2, 0) is 0 Å². The third kappa shape index (κ3) is 5.09. The first-order valence-corrected chi connectivity index (χ1v) is 19.7. The van der Waals surface area contributed by atoms with Gasteiger partial charge in [-0.1, -0.05) is 133 Å². The van der Waals surface area contributed by atoms with E-state index < -0.39 is 0 Å². The van der Waals surface area contributed by atoms with E-state index in [9.17, 15) is 0 Å². The molecule has 0 bridgehead atoms. The van der Waals surface area contributed by atoms with E-state index in [2.05, 4.69) is 198 Å². The summed E-state index contributed by atoms with van der Waals surface area (Å²) < 4.78 is 15.6. The molecule has 272 valence electrons. The summed E-state index contributed by atoms with van der Waals surface area (Å²) in [6, 6.07) is 73.1. The highest BCUT2D eigenvalue weighted by molar-refractivity contribution is 6.20. The van der Waals surface area contributed by atoms with Gasteiger partial charge in [-0.3, -0.25) is 4.57 Å². The van der Waals surface area contributed by atoms with Crippen LogP contribution in [0.4, 0.5) is 17.1 Å². The van der Waals surface area contributed by atoms with Gasteiger partial charge in [-0.2, -0.15) is 0 Å². The van der Waals surface area contributed by atoms with Crippen LogP contribution < -0.4 is 4.90 Å². The van der Waals surface area contributed by atoms with Gasteiger partial charge < -0.3 is 13.7 Å². The van der Waals surface area contributed by atoms with Gasteiger partial charge in [0.05, 0.1) is 16.6 Å². The number of furan rings is 2. The number of fused-ring (bicyclic) bond motifs is 9. The van der Waals surface area contributed by atoms with Crippen LogP contribution in [0.2, 0.25) is 0 Å². The third-order valence-electron chi connectivity index (χ3n) is 11.6. The number of hydrogen-bond acceptors (Lipinski definition) is 3. The molecule has 0 N–H and O–H groups in total. The molecule has 0 unspecified atom stereocenters. The topological polar surface area (TPSA) is 34.5 Å². The average molecular weight is 743 g/mol. The fraction of sp³-hybridized carbons (Fsp3) is 0. The summed E-state index contributed by atoms with van der Waals surface area (Å²) in [4.78, 5) is 2.30. The molecule has 3 heterocycles. The van der Waals surface area contributed by atoms with Crippen molar-refractivity contribution in [3.63, 3.8) is 0 Å². The van der Waals surface area contributed by atoms with E-state index in [0.717, 1.165) is 83.4 Å². The van der Waals surface area contributed by atoms with Crippen molar-refractivity contribution in [3.05, 3.63) is 206 Å². The van der Waals surface area contributed by atoms with Crippen LogP contribution in [0.3, 0.4) is 0 Å². The predicted octanol–water partition coefficient (Wildman–Crippen LogP) is 15.4. The summed E-state index contributed by atoms with van der Waals surface area (Å²) in [5.41, 5.74) is 13.3. The Morgan fingerprint density at radius 1 is 0.379 bits per heavy atom. The Hall–Kier alpha value is -7.82. The van der Waals surface area contributed by atoms with E-state index in [4.69, 9.17) is 8.83 Å². The zero-order valence-corrected chi connectivity index (χ0v) is 31.3. The Morgan fingerprint density at radius 3 is 1.79 bits per heavy atom. The molecule has 4 nitrogen and oxygen atoms in total. The SMILES string of the molecule is c1ccc(-n2c3ccccc3c3c4ccc(-c5ccc(N(c6ccc(-c7ccc8ccccc8c7)cc6)c6cccc7c6oc6ccccc67)cc5)cc4oc32)cc1. The minimum atomic E-state index is 0.855. The van der Waals surface area contributed by atoms with Gasteiger partial charge in [-0.05, 0) is 106 Å². The van der Waals surface area contributed by atoms with Gasteiger partial charge in [-0.25, -0.2) is 0 Å². The molecule has 0 spiro atoms. The summed E-state index contributed by atoms with van der Waals surface area (Å²) >= 11 is 0. The maximum atomic E-state index is 6.74. The number of para-hydroxylation sites is 4. The van der Waals surface area contributed by atoms with Gasteiger partial charge >= 0.3 is 0 Å². The Bertz CT molecular complexity index is 3500. The number of aromatic nitrogens is 1. The third-order valence-corrected chi connectivity index (χ3v) is 11.6. The molecule has 0 fully saturated rings. The molecule has 0 saturated heterocycles. The van der Waals surface area contributed by atoms with Crippen LogP contribution in [0.25, 0.3) is 93.6 Å². The van der Waals surface area contributed by atoms with Crippen LogP contribution in [0.1, 0.15) is 0 Å². The molecule has 0 atom stereocenters. The van der Waals surface area contributed by atoms with E-state index in [1.54, 1.807) is 0 Å². The molecular formula is C54H34N2O2. The average Bonchev–Trinajstić information content (AvgIpc) is 3.96. The van der Waals surface area contributed by atoms with Crippen molar-refractivity contribution in [1.82, 2.24) is 4.57 Å². The number of rotatable bonds is 6. The Labute approximate surface area is 334 Å². The first kappa shape index (κ1) is 32.4. The van der Waals surface area contributed by atoms with Gasteiger partial charge in [0.25, 0.3) is 0 Å². The molecule has 12 aromatic rings. The molecule has 0 saturated carbocycles. The van der Waals surface area contributed by atoms with Crippen molar-refractivity contribution in [2.45, 2.75) is 0 Å². The fourth-order valence-electron chi connectivity index (χ4n) is 8.81. The Morgan fingerprint density at radius 2 is 1.00 bits per heavy atom. The highest BCUT2D eigenvalue weighted by Crippen LogP contribution is 2.44. The molecule has 4 heteroatoms. The lowest BCUT2D eigenvalue weighted by Gasteiger charge is -2.26. The van der Waals surface area contributed by atoms with Crippen molar-refractivity contribution in [3.8, 4) is 27.9 Å². The molecule has 12 rings (SSSR count). The van der Waals surface area contributed by atoms with Crippen molar-refractivity contribution in [2.75, 3.05) is 4.90 Å². The van der Waals surface area contributed by atoms with Gasteiger partial charge in [0.2, 0.25) is 5.71 Å². The van der Waals surface area contributed by atoms with E-state index in [0.29, 0.717) is 0 Å². The highest BCUT2D eigenvalue weighted by Gasteiger charge is 2.21. The smallest absolute Gasteiger partial charge is 0.213 e. The lowest BCUT2D eigenvalue weighted by Crippen LogP contribution is -2.10. The first-order chi connectivity index (χ1) is 28.7. The maximum Gasteiger partial charge on any atom is 0.213 e. The van der Waals surface area contributed by atoms with Gasteiger partial charge in [0.1, 0.15) is 11.2 Å². The van der Waals surface area contributed by atoms with Crippen LogP contribution in [0.5, 0.6) is 0 Å². The summed E-state index contributed by atoms with van der Waals surface area (Å²) in [5.74, 6) is 0. The lowest BCUT2D eigenvalue weighted by atomic mass is 10.0. The predicted molar refractivity (Wildman–Crippen MR) is 241 cm³/mol. The van der Waals surface area contributed by atoms with Crippen LogP contribution in [0, 0.1) is 0 Å². The molecule has 0 aliphatic rings. The van der Waals surface area contributed by atoms with E-state index in [-0.39, 0.29) is 0 Å². The summed E-state index contributed by atoms with van der Waals surface area (Å²) in [6.07, 6.45) is 0. The molecule has 0 aliphatic heterocycles. The summed E-state index contributed by atoms with van der Waals surface area (Å²) in [5, 5.41) is 8.10. The number of benzene rings is 9. The zero-order chi connectivity index (χ0) is 38.2. The summed E-state index contributed by atoms with van der Waals surface area (Å²) in [6.45, 7) is 0. The molecule has 0 amide bonds. The number of hydrogen-bond donors (Lipinski definition) is 0. The molecule has 0 radical (unpaired) electrons. The van der Waals surface area contributed by atoms with E-state index in [1.807, 2.05) is 18.2 Å². The Balaban J connectivity index is 0.961. The van der Waals surface area contributed by atoms with Crippen molar-refractivity contribution < 1.29 is 8.83 Å². The minimum Gasteiger partial charge on any atom is -0.454 e. The normalized spacial score (nSPS) is 11.8. The summed E-state index contributed by atoms with van der Waals surface area (Å²) in [7, 11) is 0. The minimum absolute atomic E-state index is 0.855. The zero-order valence-electron chi connectivity index (χ0n) is 31.3. The van der Waals surface area contributed by atoms with Gasteiger partial charge in [-0.15, -0.1) is 0 Å². The number of anilines is 3. The maximum absolute atomic E-state index is 6.74. The Kier molecular flexibility index (Phi) is 7.20. The fourth-order valence-corrected chi connectivity index (χ4v) is 8.81. The molecule has 58 heavy (non-hydrogen) atoms. The van der Waals surface area contributed by atoms with Crippen LogP contribution in [0.15, 0.2) is 215 Å². The molecule has 3 aromatic heterocycles. The monoisotopic (exact) mass is 742 g/mol. The van der Waals surface area contributed by atoms with Crippen LogP contribution in [-0.4, -0.2) is 4.57 Å². The largest absolute Gasteiger partial charge is 0.454 e. The quantitative estimate of drug-likeness (QED) is 0.170. The number of nitrogens with zero attached hydrogens (tertiary/aromatic N) is 2. The van der Waals surface area contributed by atoms with Gasteiger partial charge in [0, 0.05) is 38.6 Å². The second-order valence-electron chi connectivity index (χ2n) is 14.9. The van der Waals surface area contributed by atoms with Gasteiger partial charge in [0.15, 0.2) is 5.58 Å². The molecule has 9 aromatic carbocycles. The van der Waals surface area contributed by atoms with Crippen molar-refractivity contribution in [2.24, 2.45) is 0 Å². The van der Waals surface area contributed by atoms with Crippen molar-refractivity contribution >= 4 is 82.7 Å².